The van der Waals surface area contributed by atoms with E-state index < -0.39 is 5.92 Å². The van der Waals surface area contributed by atoms with Crippen molar-refractivity contribution in [3.63, 3.8) is 0 Å². The van der Waals surface area contributed by atoms with Crippen LogP contribution >= 0.6 is 15.9 Å². The van der Waals surface area contributed by atoms with Gasteiger partial charge in [0.15, 0.2) is 5.82 Å². The molecule has 0 atom stereocenters. The molecule has 0 bridgehead atoms. The largest absolute Gasteiger partial charge is 0.332 e. The van der Waals surface area contributed by atoms with Gasteiger partial charge in [-0.3, -0.25) is 0 Å². The smallest absolute Gasteiger partial charge is 0.302 e. The van der Waals surface area contributed by atoms with Crippen LogP contribution in [0.3, 0.4) is 0 Å². The van der Waals surface area contributed by atoms with Crippen molar-refractivity contribution in [2.45, 2.75) is 12.8 Å². The molecule has 0 spiro atoms. The third-order valence-corrected chi connectivity index (χ3v) is 1.62. The lowest BCUT2D eigenvalue weighted by Crippen LogP contribution is -2.13. The van der Waals surface area contributed by atoms with Crippen LogP contribution in [-0.2, 0) is 13.0 Å². The third kappa shape index (κ3) is 1.77. The summed E-state index contributed by atoms with van der Waals surface area (Å²) < 4.78 is 27.0. The Labute approximate surface area is 71.4 Å². The number of hydrogen-bond donors (Lipinski definition) is 0. The Bertz CT molecular complexity index is 264. The van der Waals surface area contributed by atoms with Crippen LogP contribution in [0.2, 0.25) is 0 Å². The topological polar surface area (TPSA) is 17.8 Å². The van der Waals surface area contributed by atoms with Crippen molar-refractivity contribution in [2.24, 2.45) is 7.05 Å². The lowest BCUT2D eigenvalue weighted by Gasteiger charge is -2.08. The van der Waals surface area contributed by atoms with Crippen LogP contribution in [0, 0.1) is 0 Å². The molecule has 1 aromatic rings. The molecular weight excluding hydrogens is 218 g/mol. The van der Waals surface area contributed by atoms with Gasteiger partial charge in [0.05, 0.1) is 0 Å². The van der Waals surface area contributed by atoms with E-state index in [0.717, 1.165) is 6.92 Å². The lowest BCUT2D eigenvalue weighted by molar-refractivity contribution is 0.00497. The standard InChI is InChI=1S/C6H7BrF2N2/c1-6(8,9)5-10-4(7)3-11(5)2/h3H,1-2H3. The summed E-state index contributed by atoms with van der Waals surface area (Å²) >= 11 is 3.01. The zero-order valence-corrected chi connectivity index (χ0v) is 7.69. The highest BCUT2D eigenvalue weighted by Crippen LogP contribution is 2.26. The van der Waals surface area contributed by atoms with E-state index >= 15 is 0 Å². The summed E-state index contributed by atoms with van der Waals surface area (Å²) in [4.78, 5) is 3.61. The maximum atomic E-state index is 12.6. The molecule has 0 saturated heterocycles. The van der Waals surface area contributed by atoms with Crippen LogP contribution < -0.4 is 0 Å². The molecule has 0 unspecified atom stereocenters. The van der Waals surface area contributed by atoms with E-state index in [2.05, 4.69) is 20.9 Å². The Kier molecular flexibility index (Phi) is 2.00. The number of imidazole rings is 1. The molecular formula is C6H7BrF2N2. The van der Waals surface area contributed by atoms with Gasteiger partial charge >= 0.3 is 5.92 Å². The zero-order chi connectivity index (χ0) is 8.65. The summed E-state index contributed by atoms with van der Waals surface area (Å²) in [7, 11) is 1.53. The molecule has 0 fully saturated rings. The minimum atomic E-state index is -2.87. The Morgan fingerprint density at radius 3 is 2.36 bits per heavy atom. The van der Waals surface area contributed by atoms with Gasteiger partial charge in [0.25, 0.3) is 0 Å². The fraction of sp³-hybridized carbons (Fsp3) is 0.500. The molecule has 0 radical (unpaired) electrons. The molecule has 0 amide bonds. The highest BCUT2D eigenvalue weighted by Gasteiger charge is 2.29. The normalized spacial score (nSPS) is 12.1. The van der Waals surface area contributed by atoms with Gasteiger partial charge in [-0.2, -0.15) is 8.78 Å². The minimum absolute atomic E-state index is 0.232. The summed E-state index contributed by atoms with van der Waals surface area (Å²) in [5.41, 5.74) is 0. The average Bonchev–Trinajstić information content (AvgIpc) is 2.08. The Morgan fingerprint density at radius 2 is 2.18 bits per heavy atom. The van der Waals surface area contributed by atoms with Crippen LogP contribution in [0.1, 0.15) is 12.7 Å². The predicted molar refractivity (Wildman–Crippen MR) is 40.5 cm³/mol. The SMILES string of the molecule is Cn1cc(Br)nc1C(C)(F)F. The summed E-state index contributed by atoms with van der Waals surface area (Å²) in [5.74, 6) is -3.11. The second-order valence-corrected chi connectivity index (χ2v) is 3.20. The minimum Gasteiger partial charge on any atom is -0.332 e. The molecule has 0 saturated carbocycles. The van der Waals surface area contributed by atoms with Crippen molar-refractivity contribution in [2.75, 3.05) is 0 Å². The molecule has 5 heteroatoms. The molecule has 1 aromatic heterocycles. The summed E-state index contributed by atoms with van der Waals surface area (Å²) in [6, 6.07) is 0. The van der Waals surface area contributed by atoms with Gasteiger partial charge < -0.3 is 4.57 Å². The van der Waals surface area contributed by atoms with Gasteiger partial charge in [-0.25, -0.2) is 4.98 Å². The molecule has 0 aliphatic carbocycles. The Hall–Kier alpha value is -0.450. The van der Waals surface area contributed by atoms with E-state index in [0.29, 0.717) is 4.60 Å². The predicted octanol–water partition coefficient (Wildman–Crippen LogP) is 2.29. The van der Waals surface area contributed by atoms with E-state index in [-0.39, 0.29) is 5.82 Å². The van der Waals surface area contributed by atoms with Gasteiger partial charge in [0, 0.05) is 20.2 Å². The Morgan fingerprint density at radius 1 is 1.64 bits per heavy atom. The number of aromatic nitrogens is 2. The first-order chi connectivity index (χ1) is 4.91. The van der Waals surface area contributed by atoms with E-state index in [1.165, 1.54) is 17.8 Å². The summed E-state index contributed by atoms with van der Waals surface area (Å²) in [6.07, 6.45) is 1.49. The van der Waals surface area contributed by atoms with Gasteiger partial charge in [0.2, 0.25) is 0 Å². The molecule has 62 valence electrons. The quantitative estimate of drug-likeness (QED) is 0.716. The van der Waals surface area contributed by atoms with Crippen molar-refractivity contribution in [3.05, 3.63) is 16.6 Å². The van der Waals surface area contributed by atoms with Crippen LogP contribution in [0.15, 0.2) is 10.8 Å². The first-order valence-electron chi connectivity index (χ1n) is 2.98. The summed E-state index contributed by atoms with van der Waals surface area (Å²) in [6.45, 7) is 0.821. The van der Waals surface area contributed by atoms with Crippen molar-refractivity contribution in [1.29, 1.82) is 0 Å². The second kappa shape index (κ2) is 2.55. The molecule has 2 nitrogen and oxygen atoms in total. The van der Waals surface area contributed by atoms with Crippen molar-refractivity contribution >= 4 is 15.9 Å². The average molecular weight is 225 g/mol. The van der Waals surface area contributed by atoms with Crippen LogP contribution in [0.5, 0.6) is 0 Å². The highest BCUT2D eigenvalue weighted by molar-refractivity contribution is 9.10. The molecule has 0 N–H and O–H groups in total. The van der Waals surface area contributed by atoms with Crippen molar-refractivity contribution in [1.82, 2.24) is 9.55 Å². The van der Waals surface area contributed by atoms with E-state index in [1.807, 2.05) is 0 Å². The number of nitrogens with zero attached hydrogens (tertiary/aromatic N) is 2. The maximum Gasteiger partial charge on any atom is 0.302 e. The van der Waals surface area contributed by atoms with Crippen LogP contribution in [-0.4, -0.2) is 9.55 Å². The zero-order valence-electron chi connectivity index (χ0n) is 6.11. The summed E-state index contributed by atoms with van der Waals surface area (Å²) in [5, 5.41) is 0. The van der Waals surface area contributed by atoms with Gasteiger partial charge in [-0.1, -0.05) is 0 Å². The Balaban J connectivity index is 3.13. The van der Waals surface area contributed by atoms with Gasteiger partial charge in [-0.05, 0) is 15.9 Å². The highest BCUT2D eigenvalue weighted by atomic mass is 79.9. The fourth-order valence-electron chi connectivity index (χ4n) is 0.838. The molecule has 0 aromatic carbocycles. The van der Waals surface area contributed by atoms with Crippen LogP contribution in [0.4, 0.5) is 8.78 Å². The number of alkyl halides is 2. The first kappa shape index (κ1) is 8.64. The van der Waals surface area contributed by atoms with E-state index in [9.17, 15) is 8.78 Å². The van der Waals surface area contributed by atoms with Gasteiger partial charge in [0.1, 0.15) is 4.60 Å². The molecule has 1 rings (SSSR count). The van der Waals surface area contributed by atoms with E-state index in [4.69, 9.17) is 0 Å². The molecule has 0 aliphatic rings. The van der Waals surface area contributed by atoms with Gasteiger partial charge in [-0.15, -0.1) is 0 Å². The number of rotatable bonds is 1. The number of aryl methyl sites for hydroxylation is 1. The second-order valence-electron chi connectivity index (χ2n) is 2.39. The van der Waals surface area contributed by atoms with E-state index in [1.54, 1.807) is 0 Å². The first-order valence-corrected chi connectivity index (χ1v) is 3.77. The lowest BCUT2D eigenvalue weighted by atomic mass is 10.4. The monoisotopic (exact) mass is 224 g/mol. The van der Waals surface area contributed by atoms with Crippen LogP contribution in [0.25, 0.3) is 0 Å². The van der Waals surface area contributed by atoms with Crippen molar-refractivity contribution < 1.29 is 8.78 Å². The fourth-order valence-corrected chi connectivity index (χ4v) is 1.31. The molecule has 1 heterocycles. The molecule has 11 heavy (non-hydrogen) atoms. The maximum absolute atomic E-state index is 12.6. The third-order valence-electron chi connectivity index (χ3n) is 1.24. The number of hydrogen-bond acceptors (Lipinski definition) is 1. The van der Waals surface area contributed by atoms with Crippen molar-refractivity contribution in [3.8, 4) is 0 Å². The number of halogens is 3. The molecule has 0 aliphatic heterocycles.